The molecule has 0 spiro atoms. The van der Waals surface area contributed by atoms with Gasteiger partial charge in [-0.25, -0.2) is 0 Å². The molecule has 0 atom stereocenters. The molecule has 0 fully saturated rings. The highest BCUT2D eigenvalue weighted by Gasteiger charge is 2.10. The first kappa shape index (κ1) is 15.0. The van der Waals surface area contributed by atoms with Gasteiger partial charge in [-0.15, -0.1) is 0 Å². The normalized spacial score (nSPS) is 10.7. The van der Waals surface area contributed by atoms with E-state index in [0.29, 0.717) is 11.0 Å². The highest BCUT2D eigenvalue weighted by molar-refractivity contribution is 7.80. The minimum absolute atomic E-state index is 0.462. The van der Waals surface area contributed by atoms with Crippen molar-refractivity contribution >= 4 is 22.9 Å². The smallest absolute Gasteiger partial charge is 0.103 e. The van der Waals surface area contributed by atoms with Crippen molar-refractivity contribution < 1.29 is 0 Å². The lowest BCUT2D eigenvalue weighted by Crippen LogP contribution is -2.31. The lowest BCUT2D eigenvalue weighted by atomic mass is 10.1. The van der Waals surface area contributed by atoms with E-state index in [1.165, 1.54) is 24.9 Å². The van der Waals surface area contributed by atoms with Crippen molar-refractivity contribution in [3.05, 3.63) is 29.8 Å². The second-order valence-corrected chi connectivity index (χ2v) is 5.35. The van der Waals surface area contributed by atoms with E-state index in [-0.39, 0.29) is 0 Å². The number of nitrogens with two attached hydrogens (primary N) is 1. The molecule has 1 rings (SSSR count). The summed E-state index contributed by atoms with van der Waals surface area (Å²) in [5.41, 5.74) is 7.80. The molecule has 0 amide bonds. The number of benzene rings is 1. The average Bonchev–Trinajstić information content (AvgIpc) is 2.34. The van der Waals surface area contributed by atoms with Crippen LogP contribution in [-0.4, -0.2) is 17.6 Å². The maximum atomic E-state index is 5.62. The van der Waals surface area contributed by atoms with Gasteiger partial charge in [-0.05, 0) is 44.5 Å². The van der Waals surface area contributed by atoms with E-state index >= 15 is 0 Å². The van der Waals surface area contributed by atoms with Crippen molar-refractivity contribution in [1.82, 2.24) is 0 Å². The summed E-state index contributed by atoms with van der Waals surface area (Å²) >= 11 is 4.97. The average molecular weight is 264 g/mol. The number of anilines is 1. The van der Waals surface area contributed by atoms with Gasteiger partial charge in [-0.3, -0.25) is 0 Å². The SMILES string of the molecule is CCCCCN(c1ccc(C(N)=S)cc1)C(C)C. The summed E-state index contributed by atoms with van der Waals surface area (Å²) in [6.45, 7) is 7.80. The molecule has 2 N–H and O–H groups in total. The Morgan fingerprint density at radius 3 is 2.28 bits per heavy atom. The summed E-state index contributed by atoms with van der Waals surface area (Å²) in [6, 6.07) is 8.75. The first-order chi connectivity index (χ1) is 8.56. The van der Waals surface area contributed by atoms with Gasteiger partial charge in [0.05, 0.1) is 0 Å². The van der Waals surface area contributed by atoms with Crippen LogP contribution in [0.3, 0.4) is 0 Å². The van der Waals surface area contributed by atoms with Crippen LogP contribution >= 0.6 is 12.2 Å². The second-order valence-electron chi connectivity index (χ2n) is 4.91. The minimum Gasteiger partial charge on any atom is -0.389 e. The molecule has 1 aromatic rings. The predicted molar refractivity (Wildman–Crippen MR) is 84.3 cm³/mol. The summed E-state index contributed by atoms with van der Waals surface area (Å²) in [4.78, 5) is 2.89. The van der Waals surface area contributed by atoms with E-state index in [1.54, 1.807) is 0 Å². The van der Waals surface area contributed by atoms with Crippen molar-refractivity contribution in [2.45, 2.75) is 46.1 Å². The van der Waals surface area contributed by atoms with Crippen LogP contribution in [-0.2, 0) is 0 Å². The third-order valence-electron chi connectivity index (χ3n) is 3.11. The van der Waals surface area contributed by atoms with Crippen LogP contribution in [0, 0.1) is 0 Å². The van der Waals surface area contributed by atoms with Crippen LogP contribution < -0.4 is 10.6 Å². The maximum absolute atomic E-state index is 5.62. The zero-order chi connectivity index (χ0) is 13.5. The summed E-state index contributed by atoms with van der Waals surface area (Å²) in [5.74, 6) is 0. The number of hydrogen-bond donors (Lipinski definition) is 1. The van der Waals surface area contributed by atoms with Crippen LogP contribution in [0.4, 0.5) is 5.69 Å². The van der Waals surface area contributed by atoms with Gasteiger partial charge in [0.15, 0.2) is 0 Å². The molecule has 0 aromatic heterocycles. The van der Waals surface area contributed by atoms with Crippen molar-refractivity contribution in [3.63, 3.8) is 0 Å². The van der Waals surface area contributed by atoms with E-state index in [2.05, 4.69) is 37.8 Å². The molecule has 0 unspecified atom stereocenters. The van der Waals surface area contributed by atoms with Crippen molar-refractivity contribution in [3.8, 4) is 0 Å². The molecule has 0 bridgehead atoms. The monoisotopic (exact) mass is 264 g/mol. The topological polar surface area (TPSA) is 29.3 Å². The van der Waals surface area contributed by atoms with Crippen LogP contribution in [0.5, 0.6) is 0 Å². The van der Waals surface area contributed by atoms with Crippen molar-refractivity contribution in [2.75, 3.05) is 11.4 Å². The standard InChI is InChI=1S/C15H24N2S/c1-4-5-6-11-17(12(2)3)14-9-7-13(8-10-14)15(16)18/h7-10,12H,4-6,11H2,1-3H3,(H2,16,18). The zero-order valence-corrected chi connectivity index (χ0v) is 12.5. The molecule has 0 heterocycles. The van der Waals surface area contributed by atoms with Gasteiger partial charge < -0.3 is 10.6 Å². The lowest BCUT2D eigenvalue weighted by molar-refractivity contribution is 0.626. The second kappa shape index (κ2) is 7.37. The van der Waals surface area contributed by atoms with Crippen LogP contribution in [0.15, 0.2) is 24.3 Å². The molecule has 100 valence electrons. The number of rotatable bonds is 7. The van der Waals surface area contributed by atoms with Gasteiger partial charge in [0, 0.05) is 23.8 Å². The van der Waals surface area contributed by atoms with Gasteiger partial charge >= 0.3 is 0 Å². The summed E-state index contributed by atoms with van der Waals surface area (Å²) in [5, 5.41) is 0. The molecular weight excluding hydrogens is 240 g/mol. The van der Waals surface area contributed by atoms with E-state index in [0.717, 1.165) is 12.1 Å². The molecule has 0 aliphatic heterocycles. The van der Waals surface area contributed by atoms with E-state index < -0.39 is 0 Å². The molecule has 0 saturated carbocycles. The highest BCUT2D eigenvalue weighted by Crippen LogP contribution is 2.19. The van der Waals surface area contributed by atoms with Crippen LogP contribution in [0.2, 0.25) is 0 Å². The fourth-order valence-electron chi connectivity index (χ4n) is 2.03. The van der Waals surface area contributed by atoms with Gasteiger partial charge in [0.2, 0.25) is 0 Å². The third-order valence-corrected chi connectivity index (χ3v) is 3.35. The highest BCUT2D eigenvalue weighted by atomic mass is 32.1. The molecule has 0 aliphatic carbocycles. The molecule has 2 nitrogen and oxygen atoms in total. The Kier molecular flexibility index (Phi) is 6.13. The van der Waals surface area contributed by atoms with Crippen LogP contribution in [0.25, 0.3) is 0 Å². The fourth-order valence-corrected chi connectivity index (χ4v) is 2.17. The number of unbranched alkanes of at least 4 members (excludes halogenated alkanes) is 2. The van der Waals surface area contributed by atoms with E-state index in [4.69, 9.17) is 18.0 Å². The Morgan fingerprint density at radius 1 is 1.22 bits per heavy atom. The Morgan fingerprint density at radius 2 is 1.83 bits per heavy atom. The molecule has 0 aliphatic rings. The van der Waals surface area contributed by atoms with Gasteiger partial charge in [-0.2, -0.15) is 0 Å². The van der Waals surface area contributed by atoms with Gasteiger partial charge in [-0.1, -0.05) is 32.0 Å². The molecule has 3 heteroatoms. The maximum Gasteiger partial charge on any atom is 0.103 e. The summed E-state index contributed by atoms with van der Waals surface area (Å²) < 4.78 is 0. The largest absolute Gasteiger partial charge is 0.389 e. The molecule has 1 aromatic carbocycles. The predicted octanol–water partition coefficient (Wildman–Crippen LogP) is 3.73. The number of thiocarbonyl (C=S) groups is 1. The first-order valence-corrected chi connectivity index (χ1v) is 7.13. The van der Waals surface area contributed by atoms with Crippen LogP contribution in [0.1, 0.15) is 45.6 Å². The lowest BCUT2D eigenvalue weighted by Gasteiger charge is -2.29. The quantitative estimate of drug-likeness (QED) is 0.601. The Balaban J connectivity index is 2.75. The Bertz CT molecular complexity index is 371. The van der Waals surface area contributed by atoms with E-state index in [1.807, 2.05) is 12.1 Å². The van der Waals surface area contributed by atoms with E-state index in [9.17, 15) is 0 Å². The summed E-state index contributed by atoms with van der Waals surface area (Å²) in [7, 11) is 0. The fraction of sp³-hybridized carbons (Fsp3) is 0.533. The molecule has 0 radical (unpaired) electrons. The summed E-state index contributed by atoms with van der Waals surface area (Å²) in [6.07, 6.45) is 3.78. The van der Waals surface area contributed by atoms with Gasteiger partial charge in [0.1, 0.15) is 4.99 Å². The Hall–Kier alpha value is -1.09. The first-order valence-electron chi connectivity index (χ1n) is 6.72. The molecule has 0 saturated heterocycles. The van der Waals surface area contributed by atoms with Crippen molar-refractivity contribution in [2.24, 2.45) is 5.73 Å². The number of nitrogens with zero attached hydrogens (tertiary/aromatic N) is 1. The van der Waals surface area contributed by atoms with Gasteiger partial charge in [0.25, 0.3) is 0 Å². The van der Waals surface area contributed by atoms with Crippen molar-refractivity contribution in [1.29, 1.82) is 0 Å². The molecular formula is C15H24N2S. The zero-order valence-electron chi connectivity index (χ0n) is 11.6. The molecule has 18 heavy (non-hydrogen) atoms. The third kappa shape index (κ3) is 4.30. The minimum atomic E-state index is 0.462. The number of hydrogen-bond acceptors (Lipinski definition) is 2. The Labute approximate surface area is 116 Å².